The molecule has 5 heteroatoms. The van der Waals surface area contributed by atoms with Gasteiger partial charge >= 0.3 is 6.03 Å². The fourth-order valence-electron chi connectivity index (χ4n) is 1.75. The molecule has 5 nitrogen and oxygen atoms in total. The highest BCUT2D eigenvalue weighted by atomic mass is 16.3. The molecule has 0 aliphatic carbocycles. The SMILES string of the molecule is CCNC(C)c1ccc(NC(=O)N(C)CCO)cc1. The molecule has 1 unspecified atom stereocenters. The Morgan fingerprint density at radius 2 is 2.00 bits per heavy atom. The van der Waals surface area contributed by atoms with Crippen LogP contribution in [-0.4, -0.2) is 42.8 Å². The van der Waals surface area contributed by atoms with E-state index in [1.54, 1.807) is 7.05 Å². The third-order valence-corrected chi connectivity index (χ3v) is 2.95. The number of benzene rings is 1. The summed E-state index contributed by atoms with van der Waals surface area (Å²) in [6.45, 7) is 5.38. The lowest BCUT2D eigenvalue weighted by Gasteiger charge is -2.17. The van der Waals surface area contributed by atoms with Gasteiger partial charge in [-0.25, -0.2) is 4.79 Å². The van der Waals surface area contributed by atoms with Crippen LogP contribution < -0.4 is 10.6 Å². The molecule has 0 saturated carbocycles. The molecule has 1 aromatic rings. The van der Waals surface area contributed by atoms with E-state index in [-0.39, 0.29) is 12.6 Å². The number of carbonyl (C=O) groups excluding carboxylic acids is 1. The number of hydrogen-bond donors (Lipinski definition) is 3. The molecule has 0 spiro atoms. The van der Waals surface area contributed by atoms with E-state index in [2.05, 4.69) is 24.5 Å². The second-order valence-electron chi connectivity index (χ2n) is 4.48. The van der Waals surface area contributed by atoms with Gasteiger partial charge in [-0.1, -0.05) is 19.1 Å². The molecular weight excluding hydrogens is 242 g/mol. The average molecular weight is 265 g/mol. The minimum atomic E-state index is -0.221. The molecule has 0 bridgehead atoms. The standard InChI is InChI=1S/C14H23N3O2/c1-4-15-11(2)12-5-7-13(8-6-12)16-14(19)17(3)9-10-18/h5-8,11,15,18H,4,9-10H2,1-3H3,(H,16,19). The number of hydrogen-bond acceptors (Lipinski definition) is 3. The average Bonchev–Trinajstić information content (AvgIpc) is 2.40. The Labute approximate surface area is 114 Å². The number of nitrogens with one attached hydrogen (secondary N) is 2. The van der Waals surface area contributed by atoms with E-state index in [4.69, 9.17) is 5.11 Å². The predicted molar refractivity (Wildman–Crippen MR) is 77.3 cm³/mol. The maximum absolute atomic E-state index is 11.7. The fraction of sp³-hybridized carbons (Fsp3) is 0.500. The van der Waals surface area contributed by atoms with Crippen molar-refractivity contribution in [2.45, 2.75) is 19.9 Å². The lowest BCUT2D eigenvalue weighted by molar-refractivity contribution is 0.202. The smallest absolute Gasteiger partial charge is 0.321 e. The van der Waals surface area contributed by atoms with Gasteiger partial charge in [0.2, 0.25) is 0 Å². The van der Waals surface area contributed by atoms with Gasteiger partial charge in [0.1, 0.15) is 0 Å². The summed E-state index contributed by atoms with van der Waals surface area (Å²) >= 11 is 0. The van der Waals surface area contributed by atoms with Crippen LogP contribution in [0.5, 0.6) is 0 Å². The van der Waals surface area contributed by atoms with Gasteiger partial charge in [0, 0.05) is 25.3 Å². The third-order valence-electron chi connectivity index (χ3n) is 2.95. The number of rotatable bonds is 6. The Balaban J connectivity index is 2.59. The molecule has 0 aromatic heterocycles. The number of amides is 2. The molecule has 0 fully saturated rings. The van der Waals surface area contributed by atoms with Gasteiger partial charge in [0.15, 0.2) is 0 Å². The second-order valence-corrected chi connectivity index (χ2v) is 4.48. The highest BCUT2D eigenvalue weighted by molar-refractivity contribution is 5.89. The molecule has 2 amide bonds. The topological polar surface area (TPSA) is 64.6 Å². The Bertz CT molecular complexity index is 392. The van der Waals surface area contributed by atoms with E-state index in [1.807, 2.05) is 24.3 Å². The van der Waals surface area contributed by atoms with Crippen LogP contribution in [0.4, 0.5) is 10.5 Å². The molecule has 0 aliphatic rings. The zero-order chi connectivity index (χ0) is 14.3. The van der Waals surface area contributed by atoms with E-state index < -0.39 is 0 Å². The van der Waals surface area contributed by atoms with Crippen LogP contribution in [0.25, 0.3) is 0 Å². The highest BCUT2D eigenvalue weighted by Crippen LogP contribution is 2.16. The predicted octanol–water partition coefficient (Wildman–Crippen LogP) is 1.81. The number of nitrogens with zero attached hydrogens (tertiary/aromatic N) is 1. The fourth-order valence-corrected chi connectivity index (χ4v) is 1.75. The van der Waals surface area contributed by atoms with Crippen molar-refractivity contribution >= 4 is 11.7 Å². The van der Waals surface area contributed by atoms with E-state index >= 15 is 0 Å². The summed E-state index contributed by atoms with van der Waals surface area (Å²) in [4.78, 5) is 13.2. The zero-order valence-electron chi connectivity index (χ0n) is 11.8. The van der Waals surface area contributed by atoms with E-state index in [0.29, 0.717) is 12.6 Å². The molecule has 1 atom stereocenters. The molecule has 0 aliphatic heterocycles. The summed E-state index contributed by atoms with van der Waals surface area (Å²) in [5.74, 6) is 0. The van der Waals surface area contributed by atoms with Gasteiger partial charge in [-0.15, -0.1) is 0 Å². The first kappa shape index (κ1) is 15.5. The van der Waals surface area contributed by atoms with Crippen LogP contribution in [0.15, 0.2) is 24.3 Å². The van der Waals surface area contributed by atoms with Gasteiger partial charge in [0.25, 0.3) is 0 Å². The molecular formula is C14H23N3O2. The Kier molecular flexibility index (Phi) is 6.32. The van der Waals surface area contributed by atoms with Crippen molar-refractivity contribution in [2.75, 3.05) is 32.1 Å². The van der Waals surface area contributed by atoms with Crippen LogP contribution >= 0.6 is 0 Å². The Morgan fingerprint density at radius 1 is 1.37 bits per heavy atom. The summed E-state index contributed by atoms with van der Waals surface area (Å²) in [7, 11) is 1.65. The maximum Gasteiger partial charge on any atom is 0.321 e. The molecule has 0 saturated heterocycles. The first-order valence-electron chi connectivity index (χ1n) is 6.54. The zero-order valence-corrected chi connectivity index (χ0v) is 11.8. The lowest BCUT2D eigenvalue weighted by atomic mass is 10.1. The van der Waals surface area contributed by atoms with Gasteiger partial charge in [-0.3, -0.25) is 0 Å². The van der Waals surface area contributed by atoms with Crippen molar-refractivity contribution in [1.82, 2.24) is 10.2 Å². The van der Waals surface area contributed by atoms with Gasteiger partial charge in [-0.2, -0.15) is 0 Å². The highest BCUT2D eigenvalue weighted by Gasteiger charge is 2.08. The van der Waals surface area contributed by atoms with Crippen LogP contribution in [0.1, 0.15) is 25.5 Å². The summed E-state index contributed by atoms with van der Waals surface area (Å²) in [5.41, 5.74) is 1.94. The number of aliphatic hydroxyl groups is 1. The lowest BCUT2D eigenvalue weighted by Crippen LogP contribution is -2.33. The van der Waals surface area contributed by atoms with Gasteiger partial charge < -0.3 is 20.6 Å². The Morgan fingerprint density at radius 3 is 2.53 bits per heavy atom. The molecule has 0 heterocycles. The molecule has 1 aromatic carbocycles. The van der Waals surface area contributed by atoms with Crippen LogP contribution in [0, 0.1) is 0 Å². The number of urea groups is 1. The van der Waals surface area contributed by atoms with Crippen LogP contribution in [-0.2, 0) is 0 Å². The number of anilines is 1. The number of likely N-dealkylation sites (N-methyl/N-ethyl adjacent to an activating group) is 1. The summed E-state index contributed by atoms with van der Waals surface area (Å²) in [5, 5.41) is 14.9. The Hall–Kier alpha value is -1.59. The molecule has 3 N–H and O–H groups in total. The monoisotopic (exact) mass is 265 g/mol. The molecule has 19 heavy (non-hydrogen) atoms. The van der Waals surface area contributed by atoms with Crippen molar-refractivity contribution in [1.29, 1.82) is 0 Å². The molecule has 106 valence electrons. The van der Waals surface area contributed by atoms with E-state index in [1.165, 1.54) is 10.5 Å². The van der Waals surface area contributed by atoms with Crippen molar-refractivity contribution in [3.63, 3.8) is 0 Å². The van der Waals surface area contributed by atoms with E-state index in [0.717, 1.165) is 12.2 Å². The maximum atomic E-state index is 11.7. The largest absolute Gasteiger partial charge is 0.395 e. The minimum absolute atomic E-state index is 0.0386. The van der Waals surface area contributed by atoms with Crippen molar-refractivity contribution in [2.24, 2.45) is 0 Å². The third kappa shape index (κ3) is 4.89. The summed E-state index contributed by atoms with van der Waals surface area (Å²) < 4.78 is 0. The van der Waals surface area contributed by atoms with Gasteiger partial charge in [0.05, 0.1) is 6.61 Å². The minimum Gasteiger partial charge on any atom is -0.395 e. The molecule has 0 radical (unpaired) electrons. The molecule has 1 rings (SSSR count). The quantitative estimate of drug-likeness (QED) is 0.735. The van der Waals surface area contributed by atoms with E-state index in [9.17, 15) is 4.79 Å². The second kappa shape index (κ2) is 7.76. The summed E-state index contributed by atoms with van der Waals surface area (Å²) in [6, 6.07) is 7.83. The number of carbonyl (C=O) groups is 1. The first-order chi connectivity index (χ1) is 9.08. The number of aliphatic hydroxyl groups excluding tert-OH is 1. The van der Waals surface area contributed by atoms with Crippen molar-refractivity contribution in [3.8, 4) is 0 Å². The van der Waals surface area contributed by atoms with Gasteiger partial charge in [-0.05, 0) is 31.2 Å². The summed E-state index contributed by atoms with van der Waals surface area (Å²) in [6.07, 6.45) is 0. The van der Waals surface area contributed by atoms with Crippen molar-refractivity contribution < 1.29 is 9.90 Å². The van der Waals surface area contributed by atoms with Crippen molar-refractivity contribution in [3.05, 3.63) is 29.8 Å². The first-order valence-corrected chi connectivity index (χ1v) is 6.54. The van der Waals surface area contributed by atoms with Crippen LogP contribution in [0.2, 0.25) is 0 Å². The normalized spacial score (nSPS) is 12.0. The van der Waals surface area contributed by atoms with Crippen LogP contribution in [0.3, 0.4) is 0 Å².